The van der Waals surface area contributed by atoms with Gasteiger partial charge in [-0.3, -0.25) is 9.63 Å². The lowest BCUT2D eigenvalue weighted by Crippen LogP contribution is -2.62. The molecular weight excluding hydrogens is 352 g/mol. The summed E-state index contributed by atoms with van der Waals surface area (Å²) in [5, 5.41) is 4.47. The van der Waals surface area contributed by atoms with Crippen molar-refractivity contribution < 1.29 is 18.0 Å². The lowest BCUT2D eigenvalue weighted by molar-refractivity contribution is -0.211. The molecule has 0 aliphatic carbocycles. The van der Waals surface area contributed by atoms with Crippen LogP contribution in [0, 0.1) is 0 Å². The average Bonchev–Trinajstić information content (AvgIpc) is 3.10. The van der Waals surface area contributed by atoms with Crippen molar-refractivity contribution >= 4 is 15.7 Å². The van der Waals surface area contributed by atoms with E-state index in [1.54, 1.807) is 35.4 Å². The molecule has 2 aliphatic heterocycles. The molecular formula is C19H20N2O4S. The van der Waals surface area contributed by atoms with Crippen LogP contribution in [-0.2, 0) is 25.0 Å². The van der Waals surface area contributed by atoms with Crippen molar-refractivity contribution in [3.8, 4) is 0 Å². The summed E-state index contributed by atoms with van der Waals surface area (Å²) in [6.45, 7) is 2.32. The van der Waals surface area contributed by atoms with Crippen molar-refractivity contribution in [1.29, 1.82) is 0 Å². The highest BCUT2D eigenvalue weighted by atomic mass is 32.2. The molecule has 0 bridgehead atoms. The summed E-state index contributed by atoms with van der Waals surface area (Å²) >= 11 is 0. The summed E-state index contributed by atoms with van der Waals surface area (Å²) < 4.78 is 26.2. The molecule has 0 radical (unpaired) electrons. The first-order valence-corrected chi connectivity index (χ1v) is 10.1. The minimum absolute atomic E-state index is 0.0460. The third kappa shape index (κ3) is 2.46. The number of hydrogen-bond acceptors (Lipinski definition) is 5. The highest BCUT2D eigenvalue weighted by Crippen LogP contribution is 2.46. The maximum atomic E-state index is 13.1. The minimum atomic E-state index is -3.73. The molecule has 0 unspecified atom stereocenters. The summed E-state index contributed by atoms with van der Waals surface area (Å²) in [7, 11) is -3.73. The van der Waals surface area contributed by atoms with Crippen LogP contribution in [-0.4, -0.2) is 37.4 Å². The molecule has 26 heavy (non-hydrogen) atoms. The number of carbonyl (C=O) groups excluding carboxylic acids is 1. The highest BCUT2D eigenvalue weighted by molar-refractivity contribution is 7.92. The Labute approximate surface area is 152 Å². The molecule has 4 rings (SSSR count). The number of amides is 1. The maximum absolute atomic E-state index is 13.1. The van der Waals surface area contributed by atoms with Gasteiger partial charge in [-0.15, -0.1) is 0 Å². The van der Waals surface area contributed by atoms with E-state index in [-0.39, 0.29) is 23.3 Å². The predicted molar refractivity (Wildman–Crippen MR) is 95.5 cm³/mol. The number of carbonyl (C=O) groups is 1. The first kappa shape index (κ1) is 17.2. The Morgan fingerprint density at radius 3 is 2.35 bits per heavy atom. The molecule has 6 nitrogen and oxygen atoms in total. The number of hydroxylamine groups is 2. The van der Waals surface area contributed by atoms with Crippen molar-refractivity contribution in [2.24, 2.45) is 0 Å². The molecule has 1 N–H and O–H groups in total. The Morgan fingerprint density at radius 1 is 1.08 bits per heavy atom. The lowest BCUT2D eigenvalue weighted by atomic mass is 9.83. The van der Waals surface area contributed by atoms with E-state index in [0.29, 0.717) is 6.54 Å². The number of fused-ring (bicyclic) bond motifs is 1. The first-order chi connectivity index (χ1) is 12.5. The SMILES string of the molecule is C[C@H]1CNC(=O)[C@]2(c3ccccc3)C[C@H](S(=O)(=O)c3ccccc3)ON12. The smallest absolute Gasteiger partial charge is 0.247 e. The molecule has 2 heterocycles. The molecule has 1 amide bonds. The molecule has 7 heteroatoms. The number of hydrogen-bond donors (Lipinski definition) is 1. The molecule has 0 saturated carbocycles. The Kier molecular flexibility index (Phi) is 4.10. The van der Waals surface area contributed by atoms with E-state index >= 15 is 0 Å². The molecule has 3 atom stereocenters. The van der Waals surface area contributed by atoms with Gasteiger partial charge in [-0.1, -0.05) is 48.5 Å². The fourth-order valence-electron chi connectivity index (χ4n) is 3.75. The average molecular weight is 372 g/mol. The number of rotatable bonds is 3. The van der Waals surface area contributed by atoms with Gasteiger partial charge in [0.25, 0.3) is 0 Å². The fourth-order valence-corrected chi connectivity index (χ4v) is 5.25. The van der Waals surface area contributed by atoms with E-state index in [4.69, 9.17) is 4.84 Å². The third-order valence-electron chi connectivity index (χ3n) is 5.07. The largest absolute Gasteiger partial charge is 0.352 e. The van der Waals surface area contributed by atoms with Crippen molar-refractivity contribution in [3.05, 3.63) is 66.2 Å². The zero-order valence-electron chi connectivity index (χ0n) is 14.3. The van der Waals surface area contributed by atoms with E-state index in [1.807, 2.05) is 37.3 Å². The van der Waals surface area contributed by atoms with Crippen LogP contribution in [0.5, 0.6) is 0 Å². The summed E-state index contributed by atoms with van der Waals surface area (Å²) in [5.41, 5.74) is -1.53. The van der Waals surface area contributed by atoms with E-state index in [9.17, 15) is 13.2 Å². The third-order valence-corrected chi connectivity index (χ3v) is 6.95. The molecule has 2 aliphatic rings. The van der Waals surface area contributed by atoms with Gasteiger partial charge in [0.2, 0.25) is 15.7 Å². The van der Waals surface area contributed by atoms with Gasteiger partial charge in [0, 0.05) is 13.0 Å². The van der Waals surface area contributed by atoms with E-state index in [2.05, 4.69) is 5.32 Å². The molecule has 0 spiro atoms. The normalized spacial score (nSPS) is 29.2. The first-order valence-electron chi connectivity index (χ1n) is 8.55. The van der Waals surface area contributed by atoms with Gasteiger partial charge < -0.3 is 5.32 Å². The quantitative estimate of drug-likeness (QED) is 0.890. The van der Waals surface area contributed by atoms with Gasteiger partial charge in [-0.05, 0) is 24.6 Å². The summed E-state index contributed by atoms with van der Waals surface area (Å²) in [6, 6.07) is 17.3. The molecule has 0 aromatic heterocycles. The molecule has 2 aromatic rings. The number of benzene rings is 2. The second kappa shape index (κ2) is 6.19. The topological polar surface area (TPSA) is 75.7 Å². The van der Waals surface area contributed by atoms with Gasteiger partial charge >= 0.3 is 0 Å². The minimum Gasteiger partial charge on any atom is -0.352 e. The monoisotopic (exact) mass is 372 g/mol. The van der Waals surface area contributed by atoms with Crippen LogP contribution in [0.4, 0.5) is 0 Å². The van der Waals surface area contributed by atoms with E-state index < -0.39 is 20.8 Å². The van der Waals surface area contributed by atoms with Crippen LogP contribution < -0.4 is 5.32 Å². The van der Waals surface area contributed by atoms with Gasteiger partial charge in [0.15, 0.2) is 11.0 Å². The second-order valence-corrected chi connectivity index (χ2v) is 8.80. The van der Waals surface area contributed by atoms with Crippen LogP contribution in [0.3, 0.4) is 0 Å². The Morgan fingerprint density at radius 2 is 1.69 bits per heavy atom. The number of piperazine rings is 1. The van der Waals surface area contributed by atoms with Crippen LogP contribution in [0.1, 0.15) is 18.9 Å². The fraction of sp³-hybridized carbons (Fsp3) is 0.316. The zero-order valence-corrected chi connectivity index (χ0v) is 15.1. The standard InChI is InChI=1S/C19H20N2O4S/c1-14-13-20-18(22)19(15-8-4-2-5-9-15)12-17(25-21(14)19)26(23,24)16-10-6-3-7-11-16/h2-11,14,17H,12-13H2,1H3,(H,20,22)/t14-,17-,19+/m0/s1. The van der Waals surface area contributed by atoms with Crippen LogP contribution in [0.25, 0.3) is 0 Å². The van der Waals surface area contributed by atoms with E-state index in [0.717, 1.165) is 5.56 Å². The van der Waals surface area contributed by atoms with Gasteiger partial charge in [-0.25, -0.2) is 8.42 Å². The van der Waals surface area contributed by atoms with Crippen LogP contribution in [0.2, 0.25) is 0 Å². The van der Waals surface area contributed by atoms with Crippen molar-refractivity contribution in [1.82, 2.24) is 10.4 Å². The van der Waals surface area contributed by atoms with Gasteiger partial charge in [0.1, 0.15) is 0 Å². The van der Waals surface area contributed by atoms with Crippen molar-refractivity contribution in [2.45, 2.75) is 35.3 Å². The van der Waals surface area contributed by atoms with Gasteiger partial charge in [-0.2, -0.15) is 5.06 Å². The zero-order chi connectivity index (χ0) is 18.4. The van der Waals surface area contributed by atoms with Crippen molar-refractivity contribution in [2.75, 3.05) is 6.54 Å². The van der Waals surface area contributed by atoms with Crippen molar-refractivity contribution in [3.63, 3.8) is 0 Å². The number of nitrogens with one attached hydrogen (secondary N) is 1. The van der Waals surface area contributed by atoms with Gasteiger partial charge in [0.05, 0.1) is 10.9 Å². The Hall–Kier alpha value is -2.22. The predicted octanol–water partition coefficient (Wildman–Crippen LogP) is 1.84. The number of sulfone groups is 1. The molecule has 136 valence electrons. The lowest BCUT2D eigenvalue weighted by Gasteiger charge is -2.42. The summed E-state index contributed by atoms with van der Waals surface area (Å²) in [5.74, 6) is -0.229. The maximum Gasteiger partial charge on any atom is 0.247 e. The Bertz CT molecular complexity index is 917. The molecule has 2 fully saturated rings. The summed E-state index contributed by atoms with van der Waals surface area (Å²) in [4.78, 5) is 19.0. The van der Waals surface area contributed by atoms with E-state index in [1.165, 1.54) is 0 Å². The summed E-state index contributed by atoms with van der Waals surface area (Å²) in [6.07, 6.45) is 0.0460. The van der Waals surface area contributed by atoms with Crippen LogP contribution in [0.15, 0.2) is 65.6 Å². The second-order valence-electron chi connectivity index (χ2n) is 6.71. The van der Waals surface area contributed by atoms with Crippen LogP contribution >= 0.6 is 0 Å². The Balaban J connectivity index is 1.81. The molecule has 2 aromatic carbocycles. The molecule has 2 saturated heterocycles. The number of nitrogens with zero attached hydrogens (tertiary/aromatic N) is 1. The highest BCUT2D eigenvalue weighted by Gasteiger charge is 2.60.